The number of ketones is 8. The van der Waals surface area contributed by atoms with Crippen LogP contribution in [-0.2, 0) is 82.7 Å². The molecule has 0 saturated heterocycles. The molecule has 0 heterocycles. The van der Waals surface area contributed by atoms with Gasteiger partial charge in [-0.1, -0.05) is 294 Å². The number of nitrogens with two attached hydrogens (primary N) is 6. The molecule has 8 aliphatic carbocycles. The Morgan fingerprint density at radius 1 is 0.239 bits per heavy atom. The second-order valence-electron chi connectivity index (χ2n) is 40.4. The molecule has 8 fully saturated rings. The van der Waals surface area contributed by atoms with Gasteiger partial charge in [0.15, 0.2) is 46.3 Å². The Morgan fingerprint density at radius 2 is 0.394 bits per heavy atom. The quantitative estimate of drug-likeness (QED) is 0.0481. The van der Waals surface area contributed by atoms with E-state index in [1.807, 2.05) is 60.7 Å². The Kier molecular flexibility index (Phi) is 42.6. The summed E-state index contributed by atoms with van der Waals surface area (Å²) in [6.45, 7) is 16.7. The molecule has 20 atom stereocenters. The molecule has 142 heavy (non-hydrogen) atoms. The predicted octanol–water partition coefficient (Wildman–Crippen LogP) is 16.9. The topological polar surface area (TPSA) is 479 Å². The van der Waals surface area contributed by atoms with Gasteiger partial charge in [0, 0.05) is 40.2 Å². The fraction of sp³-hybridized carbons (Fsp3) is 0.491. The van der Waals surface area contributed by atoms with E-state index in [-0.39, 0.29) is 69.9 Å². The van der Waals surface area contributed by atoms with Crippen LogP contribution in [0.2, 0.25) is 40.2 Å². The maximum Gasteiger partial charge on any atom is 0.185 e. The first-order chi connectivity index (χ1) is 66.8. The highest BCUT2D eigenvalue weighted by Gasteiger charge is 2.54. The molecule has 8 aromatic rings. The number of hydrogen-bond donors (Lipinski definition) is 16. The highest BCUT2D eigenvalue weighted by molar-refractivity contribution is 6.35. The second-order valence-corrected chi connectivity index (χ2v) is 43.6. The van der Waals surface area contributed by atoms with E-state index < -0.39 is 93.1 Å². The summed E-state index contributed by atoms with van der Waals surface area (Å²) in [5.41, 5.74) is 34.2. The fourth-order valence-corrected chi connectivity index (χ4v) is 23.4. The lowest BCUT2D eigenvalue weighted by atomic mass is 9.67. The molecule has 0 amide bonds. The Morgan fingerprint density at radius 3 is 0.570 bits per heavy atom. The number of carbonyl (C=O) groups excluding carboxylic acids is 8. The molecule has 24 nitrogen and oxygen atoms in total. The average molecular weight is 2110 g/mol. The third kappa shape index (κ3) is 26.5. The maximum absolute atomic E-state index is 12.3. The zero-order valence-electron chi connectivity index (χ0n) is 82.2. The molecule has 8 aromatic carbocycles. The smallest absolute Gasteiger partial charge is 0.185 e. The summed E-state index contributed by atoms with van der Waals surface area (Å²) in [7, 11) is 3.47. The molecule has 0 aromatic heterocycles. The molecule has 8 aliphatic rings. The molecule has 32 heteroatoms. The standard InChI is InChI=1S/4C15H20ClNO2.2C13H16ClNO2.2C12H14ClNO2/c4*1-9(2)10-7-13(18)14(19)15(17,8-10)11-5-3-4-6-12(11)16;2*1-15-13(8-4-7-11(16)12(13)17)9-5-2-3-6-10(9)14;2*13-9-5-2-1-4-8(9)12(14)7-3-6-10(15)11(12)16/h4*3-6,9-10,13,18H,7-8,17H2,1-2H3;2*2-3,5-6,11,15-16H,4,7-8H2,1H3;2*1-2,4-5,10,15H,3,6-7,14H2/t2*10-,13+,15+;2*10-,13-,15-;2*11-,13-;2*10-,12-/m10101010/s1. The number of hydrogen-bond acceptors (Lipinski definition) is 24. The number of benzene rings is 8. The van der Waals surface area contributed by atoms with Gasteiger partial charge in [-0.15, -0.1) is 0 Å². The van der Waals surface area contributed by atoms with Crippen molar-refractivity contribution in [3.05, 3.63) is 279 Å². The van der Waals surface area contributed by atoms with Crippen molar-refractivity contribution >= 4 is 139 Å². The number of likely N-dealkylation sites (N-methyl/N-ethyl adjacent to an activating group) is 2. The van der Waals surface area contributed by atoms with E-state index >= 15 is 0 Å². The molecule has 772 valence electrons. The van der Waals surface area contributed by atoms with Crippen molar-refractivity contribution in [2.45, 2.75) is 277 Å². The van der Waals surface area contributed by atoms with Gasteiger partial charge in [0.05, 0.1) is 0 Å². The van der Waals surface area contributed by atoms with Crippen LogP contribution in [0.1, 0.15) is 228 Å². The first-order valence-corrected chi connectivity index (χ1v) is 51.7. The molecule has 0 aliphatic heterocycles. The van der Waals surface area contributed by atoms with Crippen LogP contribution in [0.3, 0.4) is 0 Å². The zero-order valence-corrected chi connectivity index (χ0v) is 88.2. The number of aliphatic hydroxyl groups is 8. The maximum atomic E-state index is 12.3. The van der Waals surface area contributed by atoms with Crippen LogP contribution in [0.5, 0.6) is 0 Å². The van der Waals surface area contributed by atoms with Crippen molar-refractivity contribution in [3.8, 4) is 0 Å². The van der Waals surface area contributed by atoms with Gasteiger partial charge in [-0.3, -0.25) is 38.4 Å². The van der Waals surface area contributed by atoms with Crippen LogP contribution >= 0.6 is 92.8 Å². The highest BCUT2D eigenvalue weighted by atomic mass is 35.5. The Balaban J connectivity index is 0.000000181. The van der Waals surface area contributed by atoms with Gasteiger partial charge in [-0.05, 0) is 283 Å². The van der Waals surface area contributed by atoms with Crippen LogP contribution in [0.15, 0.2) is 194 Å². The number of nitrogens with one attached hydrogen (secondary N) is 2. The van der Waals surface area contributed by atoms with E-state index in [1.165, 1.54) is 0 Å². The summed E-state index contributed by atoms with van der Waals surface area (Å²) in [6, 6.07) is 57.2. The van der Waals surface area contributed by atoms with Gasteiger partial charge >= 0.3 is 0 Å². The molecule has 0 unspecified atom stereocenters. The van der Waals surface area contributed by atoms with E-state index in [4.69, 9.17) is 127 Å². The van der Waals surface area contributed by atoms with Crippen LogP contribution in [0, 0.1) is 47.3 Å². The summed E-state index contributed by atoms with van der Waals surface area (Å²) in [6.07, 6.45) is 3.89. The minimum atomic E-state index is -1.18. The SMILES string of the molecule is CC(C)[C@@H]1C[C@@H](O)C(=O)[C@](N)(c2ccccc2Cl)C1.CC(C)[C@@H]1C[C@H](O)C(=O)[C@@](N)(c2ccccc2Cl)C1.CC(C)[C@H]1C[C@@H](O)C(=O)[C@](N)(c2ccccc2Cl)C1.CC(C)[C@H]1C[C@H](O)C(=O)[C@@](N)(c2ccccc2Cl)C1.CN[C@@]1(c2ccccc2Cl)CCC[C@@H](O)C1=O.CN[C@]1(c2ccccc2Cl)CCC[C@H](O)C1=O.N[C@@]1(c2ccccc2Cl)CCC[C@@H](O)C1=O.N[C@]1(c2ccccc2Cl)CCC[C@H](O)C1=O. The van der Waals surface area contributed by atoms with Gasteiger partial charge in [0.25, 0.3) is 0 Å². The lowest BCUT2D eigenvalue weighted by Crippen LogP contribution is -2.55. The van der Waals surface area contributed by atoms with Crippen LogP contribution in [0.4, 0.5) is 0 Å². The van der Waals surface area contributed by atoms with Crippen LogP contribution in [0.25, 0.3) is 0 Å². The van der Waals surface area contributed by atoms with Crippen molar-refractivity contribution in [3.63, 3.8) is 0 Å². The minimum Gasteiger partial charge on any atom is -0.385 e. The molecular formula is C110H140Cl8N8O16. The summed E-state index contributed by atoms with van der Waals surface area (Å²) >= 11 is 49.1. The van der Waals surface area contributed by atoms with Crippen LogP contribution < -0.4 is 45.0 Å². The van der Waals surface area contributed by atoms with Gasteiger partial charge in [-0.2, -0.15) is 0 Å². The first-order valence-electron chi connectivity index (χ1n) is 48.7. The predicted molar refractivity (Wildman–Crippen MR) is 562 cm³/mol. The number of Topliss-reactive ketones (excluding diaryl/α,β-unsaturated/α-hetero) is 8. The summed E-state index contributed by atoms with van der Waals surface area (Å²) in [4.78, 5) is 97.8. The fourth-order valence-electron chi connectivity index (χ4n) is 21.0. The Labute approximate surface area is 874 Å². The summed E-state index contributed by atoms with van der Waals surface area (Å²) < 4.78 is 0. The highest BCUT2D eigenvalue weighted by Crippen LogP contribution is 2.49. The molecule has 0 spiro atoms. The normalized spacial score (nSPS) is 30.9. The number of halogens is 8. The molecule has 0 radical (unpaired) electrons. The molecule has 0 bridgehead atoms. The van der Waals surface area contributed by atoms with Gasteiger partial charge in [0.2, 0.25) is 0 Å². The third-order valence-corrected chi connectivity index (χ3v) is 32.6. The summed E-state index contributed by atoms with van der Waals surface area (Å²) in [5, 5.41) is 88.9. The van der Waals surface area contributed by atoms with E-state index in [2.05, 4.69) is 66.0 Å². The van der Waals surface area contributed by atoms with Crippen molar-refractivity contribution in [2.75, 3.05) is 14.1 Å². The van der Waals surface area contributed by atoms with E-state index in [9.17, 15) is 79.2 Å². The zero-order chi connectivity index (χ0) is 105. The molecule has 8 saturated carbocycles. The van der Waals surface area contributed by atoms with Crippen molar-refractivity contribution in [2.24, 2.45) is 81.7 Å². The Hall–Kier alpha value is -7.20. The molecule has 22 N–H and O–H groups in total. The lowest BCUT2D eigenvalue weighted by Gasteiger charge is -2.41. The van der Waals surface area contributed by atoms with Gasteiger partial charge in [0.1, 0.15) is 93.1 Å². The van der Waals surface area contributed by atoms with Crippen molar-refractivity contribution < 1.29 is 79.2 Å². The van der Waals surface area contributed by atoms with Gasteiger partial charge < -0.3 is 85.9 Å². The Bertz CT molecular complexity index is 5190. The third-order valence-electron chi connectivity index (χ3n) is 29.9. The lowest BCUT2D eigenvalue weighted by molar-refractivity contribution is -0.139. The van der Waals surface area contributed by atoms with Crippen molar-refractivity contribution in [1.29, 1.82) is 0 Å². The number of carbonyl (C=O) groups is 8. The molecular weight excluding hydrogens is 1970 g/mol. The average Bonchev–Trinajstić information content (AvgIpc) is 0.760. The minimum absolute atomic E-state index is 0.181. The van der Waals surface area contributed by atoms with Crippen molar-refractivity contribution in [1.82, 2.24) is 10.6 Å². The monoisotopic (exact) mass is 2110 g/mol. The van der Waals surface area contributed by atoms with E-state index in [1.54, 1.807) is 148 Å². The number of rotatable bonds is 14. The molecule has 16 rings (SSSR count). The number of aliphatic hydroxyl groups excluding tert-OH is 8. The largest absolute Gasteiger partial charge is 0.385 e. The van der Waals surface area contributed by atoms with E-state index in [0.717, 1.165) is 36.8 Å². The van der Waals surface area contributed by atoms with Crippen LogP contribution in [-0.4, -0.2) is 150 Å². The second kappa shape index (κ2) is 51.1. The summed E-state index contributed by atoms with van der Waals surface area (Å²) in [5.74, 6) is 0.0379. The van der Waals surface area contributed by atoms with E-state index in [0.29, 0.717) is 200 Å². The first kappa shape index (κ1) is 118. The van der Waals surface area contributed by atoms with Gasteiger partial charge in [-0.25, -0.2) is 0 Å².